The molecule has 1 aromatic carbocycles. The van der Waals surface area contributed by atoms with Crippen LogP contribution in [0.25, 0.3) is 0 Å². The number of hydrogen-bond acceptors (Lipinski definition) is 3. The van der Waals surface area contributed by atoms with E-state index in [-0.39, 0.29) is 17.8 Å². The number of esters is 1. The van der Waals surface area contributed by atoms with E-state index < -0.39 is 0 Å². The van der Waals surface area contributed by atoms with E-state index in [2.05, 4.69) is 17.0 Å². The van der Waals surface area contributed by atoms with Crippen LogP contribution in [0.4, 0.5) is 0 Å². The Morgan fingerprint density at radius 3 is 2.47 bits per heavy atom. The van der Waals surface area contributed by atoms with E-state index in [1.54, 1.807) is 12.1 Å². The van der Waals surface area contributed by atoms with Gasteiger partial charge in [-0.15, -0.1) is 0 Å². The van der Waals surface area contributed by atoms with Crippen LogP contribution in [0.15, 0.2) is 24.3 Å². The maximum absolute atomic E-state index is 11.6. The molecule has 0 unspecified atom stereocenters. The van der Waals surface area contributed by atoms with Crippen molar-refractivity contribution in [1.29, 1.82) is 0 Å². The maximum atomic E-state index is 11.6. The van der Waals surface area contributed by atoms with Crippen molar-refractivity contribution in [3.05, 3.63) is 35.4 Å². The fraction of sp³-hybridized carbons (Fsp3) is 0.467. The van der Waals surface area contributed by atoms with Gasteiger partial charge in [0.05, 0.1) is 12.7 Å². The lowest BCUT2D eigenvalue weighted by molar-refractivity contribution is -0.122. The molecule has 0 heterocycles. The molecule has 0 aromatic heterocycles. The topological polar surface area (TPSA) is 55.4 Å². The van der Waals surface area contributed by atoms with Crippen molar-refractivity contribution >= 4 is 11.9 Å². The van der Waals surface area contributed by atoms with Gasteiger partial charge in [-0.1, -0.05) is 19.1 Å². The number of hydrogen-bond donors (Lipinski definition) is 1. The molecule has 4 heteroatoms. The summed E-state index contributed by atoms with van der Waals surface area (Å²) in [6, 6.07) is 7.26. The van der Waals surface area contributed by atoms with Crippen LogP contribution in [0, 0.1) is 11.8 Å². The SMILES string of the molecule is COC(=O)c1ccc(CCNC(=O)[C@H]2C[C@H]2C)cc1. The fourth-order valence-corrected chi connectivity index (χ4v) is 2.07. The molecule has 1 aliphatic rings. The lowest BCUT2D eigenvalue weighted by Crippen LogP contribution is -2.27. The molecular weight excluding hydrogens is 242 g/mol. The van der Waals surface area contributed by atoms with Gasteiger partial charge in [0.1, 0.15) is 0 Å². The number of carbonyl (C=O) groups is 2. The fourth-order valence-electron chi connectivity index (χ4n) is 2.07. The van der Waals surface area contributed by atoms with E-state index in [0.717, 1.165) is 18.4 Å². The highest BCUT2D eigenvalue weighted by atomic mass is 16.5. The predicted octanol–water partition coefficient (Wildman–Crippen LogP) is 1.79. The smallest absolute Gasteiger partial charge is 0.337 e. The Morgan fingerprint density at radius 2 is 1.95 bits per heavy atom. The van der Waals surface area contributed by atoms with Crippen molar-refractivity contribution in [2.75, 3.05) is 13.7 Å². The molecule has 0 saturated heterocycles. The molecule has 1 N–H and O–H groups in total. The van der Waals surface area contributed by atoms with Crippen LogP contribution in [-0.2, 0) is 16.0 Å². The summed E-state index contributed by atoms with van der Waals surface area (Å²) in [5, 5.41) is 2.94. The molecule has 1 aliphatic carbocycles. The second kappa shape index (κ2) is 5.87. The number of methoxy groups -OCH3 is 1. The van der Waals surface area contributed by atoms with Crippen LogP contribution in [-0.4, -0.2) is 25.5 Å². The van der Waals surface area contributed by atoms with E-state index in [0.29, 0.717) is 18.0 Å². The quantitative estimate of drug-likeness (QED) is 0.822. The third kappa shape index (κ3) is 3.56. The molecule has 0 radical (unpaired) electrons. The zero-order valence-electron chi connectivity index (χ0n) is 11.3. The van der Waals surface area contributed by atoms with Gasteiger partial charge < -0.3 is 10.1 Å². The van der Waals surface area contributed by atoms with Crippen molar-refractivity contribution in [3.8, 4) is 0 Å². The molecule has 2 atom stereocenters. The molecule has 1 saturated carbocycles. The molecule has 0 spiro atoms. The average molecular weight is 261 g/mol. The summed E-state index contributed by atoms with van der Waals surface area (Å²) in [7, 11) is 1.37. The Hall–Kier alpha value is -1.84. The van der Waals surface area contributed by atoms with E-state index in [1.807, 2.05) is 12.1 Å². The summed E-state index contributed by atoms with van der Waals surface area (Å²) in [6.45, 7) is 2.73. The Morgan fingerprint density at radius 1 is 1.32 bits per heavy atom. The average Bonchev–Trinajstić information content (AvgIpc) is 3.16. The number of benzene rings is 1. The van der Waals surface area contributed by atoms with Gasteiger partial charge in [0.25, 0.3) is 0 Å². The molecule has 1 aromatic rings. The molecule has 2 rings (SSSR count). The van der Waals surface area contributed by atoms with Crippen LogP contribution < -0.4 is 5.32 Å². The van der Waals surface area contributed by atoms with E-state index in [1.165, 1.54) is 7.11 Å². The van der Waals surface area contributed by atoms with Gasteiger partial charge in [0, 0.05) is 12.5 Å². The maximum Gasteiger partial charge on any atom is 0.337 e. The zero-order valence-corrected chi connectivity index (χ0v) is 11.3. The predicted molar refractivity (Wildman–Crippen MR) is 71.8 cm³/mol. The van der Waals surface area contributed by atoms with Gasteiger partial charge in [0.15, 0.2) is 0 Å². The highest BCUT2D eigenvalue weighted by molar-refractivity contribution is 5.89. The number of carbonyl (C=O) groups excluding carboxylic acids is 2. The van der Waals surface area contributed by atoms with Crippen LogP contribution in [0.5, 0.6) is 0 Å². The first-order chi connectivity index (χ1) is 9.11. The lowest BCUT2D eigenvalue weighted by atomic mass is 10.1. The molecular formula is C15H19NO3. The van der Waals surface area contributed by atoms with E-state index >= 15 is 0 Å². The summed E-state index contributed by atoms with van der Waals surface area (Å²) in [6.07, 6.45) is 1.79. The Balaban J connectivity index is 1.77. The minimum absolute atomic E-state index is 0.165. The van der Waals surface area contributed by atoms with Crippen LogP contribution in [0.2, 0.25) is 0 Å². The van der Waals surface area contributed by atoms with Gasteiger partial charge in [-0.25, -0.2) is 4.79 Å². The highest BCUT2D eigenvalue weighted by Crippen LogP contribution is 2.37. The normalized spacial score (nSPS) is 20.7. The van der Waals surface area contributed by atoms with Crippen molar-refractivity contribution < 1.29 is 14.3 Å². The Kier molecular flexibility index (Phi) is 4.20. The lowest BCUT2D eigenvalue weighted by Gasteiger charge is -2.05. The molecule has 1 fully saturated rings. The zero-order chi connectivity index (χ0) is 13.8. The standard InChI is InChI=1S/C15H19NO3/c1-10-9-13(10)14(17)16-8-7-11-3-5-12(6-4-11)15(18)19-2/h3-6,10,13H,7-9H2,1-2H3,(H,16,17)/t10-,13+/m1/s1. The molecule has 0 aliphatic heterocycles. The first-order valence-corrected chi connectivity index (χ1v) is 6.56. The van der Waals surface area contributed by atoms with Crippen LogP contribution in [0.1, 0.15) is 29.3 Å². The van der Waals surface area contributed by atoms with Crippen molar-refractivity contribution in [2.24, 2.45) is 11.8 Å². The molecule has 4 nitrogen and oxygen atoms in total. The number of nitrogens with one attached hydrogen (secondary N) is 1. The minimum atomic E-state index is -0.331. The first-order valence-electron chi connectivity index (χ1n) is 6.56. The molecule has 102 valence electrons. The highest BCUT2D eigenvalue weighted by Gasteiger charge is 2.38. The third-order valence-corrected chi connectivity index (χ3v) is 3.53. The molecule has 1 amide bonds. The molecule has 0 bridgehead atoms. The summed E-state index contributed by atoms with van der Waals surface area (Å²) >= 11 is 0. The van der Waals surface area contributed by atoms with Crippen LogP contribution in [0.3, 0.4) is 0 Å². The number of rotatable bonds is 5. The Labute approximate surface area is 113 Å². The monoisotopic (exact) mass is 261 g/mol. The largest absolute Gasteiger partial charge is 0.465 e. The van der Waals surface area contributed by atoms with Crippen LogP contribution >= 0.6 is 0 Å². The number of amides is 1. The van der Waals surface area contributed by atoms with Crippen molar-refractivity contribution in [3.63, 3.8) is 0 Å². The Bertz CT molecular complexity index is 467. The summed E-state index contributed by atoms with van der Waals surface area (Å²) in [5.74, 6) is 0.599. The van der Waals surface area contributed by atoms with Crippen molar-refractivity contribution in [2.45, 2.75) is 19.8 Å². The summed E-state index contributed by atoms with van der Waals surface area (Å²) in [5.41, 5.74) is 1.64. The summed E-state index contributed by atoms with van der Waals surface area (Å²) < 4.78 is 4.64. The van der Waals surface area contributed by atoms with Gasteiger partial charge in [-0.3, -0.25) is 4.79 Å². The van der Waals surface area contributed by atoms with Gasteiger partial charge in [-0.2, -0.15) is 0 Å². The second-order valence-corrected chi connectivity index (χ2v) is 5.05. The van der Waals surface area contributed by atoms with E-state index in [9.17, 15) is 9.59 Å². The van der Waals surface area contributed by atoms with Crippen molar-refractivity contribution in [1.82, 2.24) is 5.32 Å². The third-order valence-electron chi connectivity index (χ3n) is 3.53. The minimum Gasteiger partial charge on any atom is -0.465 e. The molecule has 19 heavy (non-hydrogen) atoms. The summed E-state index contributed by atoms with van der Waals surface area (Å²) in [4.78, 5) is 22.9. The number of ether oxygens (including phenoxy) is 1. The van der Waals surface area contributed by atoms with Gasteiger partial charge in [-0.05, 0) is 36.5 Å². The van der Waals surface area contributed by atoms with Gasteiger partial charge >= 0.3 is 5.97 Å². The second-order valence-electron chi connectivity index (χ2n) is 5.05. The van der Waals surface area contributed by atoms with E-state index in [4.69, 9.17) is 0 Å². The van der Waals surface area contributed by atoms with Gasteiger partial charge in [0.2, 0.25) is 5.91 Å². The first kappa shape index (κ1) is 13.6.